The summed E-state index contributed by atoms with van der Waals surface area (Å²) in [5.74, 6) is 0.541. The first-order chi connectivity index (χ1) is 9.10. The van der Waals surface area contributed by atoms with E-state index in [1.165, 1.54) is 7.11 Å². The molecule has 0 spiro atoms. The molecule has 1 amide bonds. The summed E-state index contributed by atoms with van der Waals surface area (Å²) in [6.45, 7) is 3.98. The highest BCUT2D eigenvalue weighted by atomic mass is 16.5. The summed E-state index contributed by atoms with van der Waals surface area (Å²) in [7, 11) is 3.65. The molecular formula is C13H19N3O3. The molecule has 1 aliphatic heterocycles. The van der Waals surface area contributed by atoms with E-state index in [4.69, 9.17) is 9.84 Å². The van der Waals surface area contributed by atoms with Crippen molar-refractivity contribution in [3.63, 3.8) is 0 Å². The van der Waals surface area contributed by atoms with Gasteiger partial charge in [-0.05, 0) is 19.2 Å². The Kier molecular flexibility index (Phi) is 4.11. The Morgan fingerprint density at radius 2 is 2.00 bits per heavy atom. The van der Waals surface area contributed by atoms with Crippen molar-refractivity contribution in [3.05, 3.63) is 18.2 Å². The number of likely N-dealkylation sites (N-methyl/N-ethyl adjacent to an activating group) is 1. The zero-order valence-corrected chi connectivity index (χ0v) is 11.2. The number of ether oxygens (including phenoxy) is 1. The van der Waals surface area contributed by atoms with Gasteiger partial charge >= 0.3 is 6.09 Å². The smallest absolute Gasteiger partial charge is 0.409 e. The van der Waals surface area contributed by atoms with Crippen LogP contribution in [0, 0.1) is 0 Å². The first-order valence-corrected chi connectivity index (χ1v) is 6.21. The molecule has 6 nitrogen and oxygen atoms in total. The average molecular weight is 265 g/mol. The highest BCUT2D eigenvalue weighted by Gasteiger charge is 2.16. The van der Waals surface area contributed by atoms with Gasteiger partial charge in [0.1, 0.15) is 5.75 Å². The number of nitrogens with zero attached hydrogens (tertiary/aromatic N) is 2. The van der Waals surface area contributed by atoms with Gasteiger partial charge in [0.05, 0.1) is 12.8 Å². The second-order valence-electron chi connectivity index (χ2n) is 4.61. The van der Waals surface area contributed by atoms with Gasteiger partial charge in [0.2, 0.25) is 0 Å². The molecule has 1 aliphatic rings. The molecule has 2 rings (SSSR count). The van der Waals surface area contributed by atoms with Crippen molar-refractivity contribution in [2.24, 2.45) is 0 Å². The van der Waals surface area contributed by atoms with Crippen LogP contribution in [0.25, 0.3) is 0 Å². The molecule has 1 fully saturated rings. The summed E-state index contributed by atoms with van der Waals surface area (Å²) in [4.78, 5) is 15.2. The number of carbonyl (C=O) groups is 1. The highest BCUT2D eigenvalue weighted by Crippen LogP contribution is 2.30. The van der Waals surface area contributed by atoms with Crippen LogP contribution < -0.4 is 15.0 Å². The number of carboxylic acid groups (broad SMARTS) is 1. The number of hydrogen-bond donors (Lipinski definition) is 2. The number of hydrogen-bond acceptors (Lipinski definition) is 4. The molecule has 1 heterocycles. The van der Waals surface area contributed by atoms with E-state index in [2.05, 4.69) is 22.2 Å². The summed E-state index contributed by atoms with van der Waals surface area (Å²) in [6.07, 6.45) is -1.09. The maximum atomic E-state index is 10.7. The Bertz CT molecular complexity index is 456. The van der Waals surface area contributed by atoms with Crippen molar-refractivity contribution < 1.29 is 14.6 Å². The molecule has 0 atom stereocenters. The van der Waals surface area contributed by atoms with E-state index in [-0.39, 0.29) is 0 Å². The molecule has 104 valence electrons. The van der Waals surface area contributed by atoms with Crippen LogP contribution in [0.15, 0.2) is 18.2 Å². The normalized spacial score (nSPS) is 16.2. The zero-order valence-electron chi connectivity index (χ0n) is 11.2. The van der Waals surface area contributed by atoms with Crippen LogP contribution in [0.2, 0.25) is 0 Å². The molecule has 1 saturated heterocycles. The summed E-state index contributed by atoms with van der Waals surface area (Å²) in [6, 6.07) is 5.52. The monoisotopic (exact) mass is 265 g/mol. The van der Waals surface area contributed by atoms with E-state index in [0.717, 1.165) is 31.9 Å². The Labute approximate surface area is 112 Å². The van der Waals surface area contributed by atoms with Crippen LogP contribution >= 0.6 is 0 Å². The van der Waals surface area contributed by atoms with Crippen LogP contribution in [0.4, 0.5) is 16.2 Å². The molecule has 0 bridgehead atoms. The molecule has 0 saturated carbocycles. The third kappa shape index (κ3) is 3.29. The lowest BCUT2D eigenvalue weighted by Crippen LogP contribution is -2.44. The lowest BCUT2D eigenvalue weighted by molar-refractivity contribution is 0.209. The van der Waals surface area contributed by atoms with Crippen molar-refractivity contribution in [2.75, 3.05) is 50.6 Å². The fourth-order valence-electron chi connectivity index (χ4n) is 2.16. The molecule has 0 aliphatic carbocycles. The number of anilines is 2. The van der Waals surface area contributed by atoms with Gasteiger partial charge in [0.15, 0.2) is 0 Å². The minimum atomic E-state index is -1.09. The first kappa shape index (κ1) is 13.5. The molecule has 1 aromatic rings. The fraction of sp³-hybridized carbons (Fsp3) is 0.462. The largest absolute Gasteiger partial charge is 0.494 e. The highest BCUT2D eigenvalue weighted by molar-refractivity contribution is 5.86. The van der Waals surface area contributed by atoms with E-state index < -0.39 is 6.09 Å². The third-order valence-electron chi connectivity index (χ3n) is 3.30. The Morgan fingerprint density at radius 3 is 2.58 bits per heavy atom. The van der Waals surface area contributed by atoms with Crippen molar-refractivity contribution in [3.8, 4) is 5.75 Å². The number of nitrogens with one attached hydrogen (secondary N) is 1. The van der Waals surface area contributed by atoms with Gasteiger partial charge in [-0.15, -0.1) is 0 Å². The van der Waals surface area contributed by atoms with E-state index in [1.54, 1.807) is 6.07 Å². The SMILES string of the molecule is COc1cc(N2CCN(C)CC2)ccc1NC(=O)O. The summed E-state index contributed by atoms with van der Waals surface area (Å²) >= 11 is 0. The summed E-state index contributed by atoms with van der Waals surface area (Å²) < 4.78 is 5.24. The lowest BCUT2D eigenvalue weighted by Gasteiger charge is -2.34. The first-order valence-electron chi connectivity index (χ1n) is 6.21. The number of amides is 1. The molecule has 0 unspecified atom stereocenters. The van der Waals surface area contributed by atoms with Gasteiger partial charge in [0, 0.05) is 37.9 Å². The average Bonchev–Trinajstić information content (AvgIpc) is 2.39. The quantitative estimate of drug-likeness (QED) is 0.868. The van der Waals surface area contributed by atoms with E-state index >= 15 is 0 Å². The van der Waals surface area contributed by atoms with Gasteiger partial charge < -0.3 is 19.6 Å². The van der Waals surface area contributed by atoms with Crippen LogP contribution in [0.1, 0.15) is 0 Å². The Morgan fingerprint density at radius 1 is 1.32 bits per heavy atom. The predicted octanol–water partition coefficient (Wildman–Crippen LogP) is 1.54. The van der Waals surface area contributed by atoms with Gasteiger partial charge in [-0.25, -0.2) is 4.79 Å². The minimum absolute atomic E-state index is 0.466. The maximum absolute atomic E-state index is 10.7. The van der Waals surface area contributed by atoms with Crippen molar-refractivity contribution in [1.29, 1.82) is 0 Å². The van der Waals surface area contributed by atoms with E-state index in [9.17, 15) is 4.79 Å². The van der Waals surface area contributed by atoms with Crippen LogP contribution in [-0.2, 0) is 0 Å². The minimum Gasteiger partial charge on any atom is -0.494 e. The molecular weight excluding hydrogens is 246 g/mol. The third-order valence-corrected chi connectivity index (χ3v) is 3.30. The lowest BCUT2D eigenvalue weighted by atomic mass is 10.2. The van der Waals surface area contributed by atoms with Crippen molar-refractivity contribution in [1.82, 2.24) is 4.90 Å². The number of methoxy groups -OCH3 is 1. The Balaban J connectivity index is 2.16. The number of rotatable bonds is 3. The molecule has 1 aromatic carbocycles. The Hall–Kier alpha value is -1.95. The molecule has 2 N–H and O–H groups in total. The maximum Gasteiger partial charge on any atom is 0.409 e. The van der Waals surface area contributed by atoms with Gasteiger partial charge in [-0.3, -0.25) is 5.32 Å². The van der Waals surface area contributed by atoms with Crippen LogP contribution in [-0.4, -0.2) is 56.4 Å². The van der Waals surface area contributed by atoms with Crippen molar-refractivity contribution in [2.45, 2.75) is 0 Å². The fourth-order valence-corrected chi connectivity index (χ4v) is 2.16. The standard InChI is InChI=1S/C13H19N3O3/c1-15-5-7-16(8-6-15)10-3-4-11(14-13(17)18)12(9-10)19-2/h3-4,9,14H,5-8H2,1-2H3,(H,17,18). The van der Waals surface area contributed by atoms with Crippen LogP contribution in [0.3, 0.4) is 0 Å². The van der Waals surface area contributed by atoms with Crippen molar-refractivity contribution >= 4 is 17.5 Å². The van der Waals surface area contributed by atoms with E-state index in [0.29, 0.717) is 11.4 Å². The predicted molar refractivity (Wildman–Crippen MR) is 74.4 cm³/mol. The van der Waals surface area contributed by atoms with Gasteiger partial charge in [-0.1, -0.05) is 0 Å². The molecule has 6 heteroatoms. The summed E-state index contributed by atoms with van der Waals surface area (Å²) in [5, 5.41) is 11.1. The number of piperazine rings is 1. The van der Waals surface area contributed by atoms with Gasteiger partial charge in [0.25, 0.3) is 0 Å². The second-order valence-corrected chi connectivity index (χ2v) is 4.61. The molecule has 0 aromatic heterocycles. The van der Waals surface area contributed by atoms with Crippen LogP contribution in [0.5, 0.6) is 5.75 Å². The number of benzene rings is 1. The second kappa shape index (κ2) is 5.79. The van der Waals surface area contributed by atoms with E-state index in [1.807, 2.05) is 12.1 Å². The molecule has 0 radical (unpaired) electrons. The van der Waals surface area contributed by atoms with Gasteiger partial charge in [-0.2, -0.15) is 0 Å². The molecule has 19 heavy (non-hydrogen) atoms. The topological polar surface area (TPSA) is 65.0 Å². The summed E-state index contributed by atoms with van der Waals surface area (Å²) in [5.41, 5.74) is 1.52. The zero-order chi connectivity index (χ0) is 13.8.